The van der Waals surface area contributed by atoms with Crippen molar-refractivity contribution in [3.8, 4) is 0 Å². The lowest BCUT2D eigenvalue weighted by molar-refractivity contribution is 0.0696. The Balaban J connectivity index is 2.53. The number of aryl methyl sites for hydroxylation is 1. The lowest BCUT2D eigenvalue weighted by atomic mass is 10.2. The Morgan fingerprint density at radius 1 is 1.56 bits per heavy atom. The van der Waals surface area contributed by atoms with Crippen molar-refractivity contribution >= 4 is 17.3 Å². The fourth-order valence-electron chi connectivity index (χ4n) is 2.34. The molecule has 2 heterocycles. The molecule has 0 spiro atoms. The van der Waals surface area contributed by atoms with Crippen molar-refractivity contribution in [2.75, 3.05) is 0 Å². The van der Waals surface area contributed by atoms with Crippen LogP contribution in [0.5, 0.6) is 0 Å². The molecule has 2 rings (SSSR count). The summed E-state index contributed by atoms with van der Waals surface area (Å²) in [4.78, 5) is 15.5. The van der Waals surface area contributed by atoms with Crippen molar-refractivity contribution in [1.29, 1.82) is 0 Å². The molecule has 4 nitrogen and oxygen atoms in total. The van der Waals surface area contributed by atoms with Crippen molar-refractivity contribution in [3.05, 3.63) is 39.6 Å². The fraction of sp³-hybridized carbons (Fsp3) is 0.385. The molecule has 0 saturated carbocycles. The molecule has 1 unspecified atom stereocenters. The van der Waals surface area contributed by atoms with Gasteiger partial charge in [-0.25, -0.2) is 9.78 Å². The molecule has 96 valence electrons. The van der Waals surface area contributed by atoms with E-state index in [0.717, 1.165) is 22.8 Å². The second-order valence-corrected chi connectivity index (χ2v) is 5.18. The molecule has 2 aromatic rings. The Morgan fingerprint density at radius 2 is 2.28 bits per heavy atom. The van der Waals surface area contributed by atoms with E-state index >= 15 is 0 Å². The van der Waals surface area contributed by atoms with Gasteiger partial charge in [-0.05, 0) is 26.3 Å². The van der Waals surface area contributed by atoms with E-state index in [9.17, 15) is 4.79 Å². The van der Waals surface area contributed by atoms with Crippen LogP contribution in [0, 0.1) is 13.8 Å². The third-order valence-corrected chi connectivity index (χ3v) is 4.03. The first-order chi connectivity index (χ1) is 8.56. The van der Waals surface area contributed by atoms with Crippen LogP contribution in [-0.4, -0.2) is 20.6 Å². The zero-order valence-electron chi connectivity index (χ0n) is 10.7. The first-order valence-electron chi connectivity index (χ1n) is 5.87. The number of hydrogen-bond donors (Lipinski definition) is 1. The smallest absolute Gasteiger partial charge is 0.337 e. The van der Waals surface area contributed by atoms with Crippen molar-refractivity contribution in [3.63, 3.8) is 0 Å². The number of carboxylic acid groups (broad SMARTS) is 1. The van der Waals surface area contributed by atoms with Gasteiger partial charge in [0.25, 0.3) is 0 Å². The third kappa shape index (κ3) is 2.06. The molecular weight excluding hydrogens is 248 g/mol. The van der Waals surface area contributed by atoms with Gasteiger partial charge in [-0.3, -0.25) is 0 Å². The highest BCUT2D eigenvalue weighted by atomic mass is 32.1. The quantitative estimate of drug-likeness (QED) is 0.922. The van der Waals surface area contributed by atoms with Crippen molar-refractivity contribution in [2.45, 2.75) is 33.2 Å². The Hall–Kier alpha value is -1.62. The summed E-state index contributed by atoms with van der Waals surface area (Å²) in [5.41, 5.74) is 2.14. The van der Waals surface area contributed by atoms with E-state index in [1.807, 2.05) is 19.2 Å². The Morgan fingerprint density at radius 3 is 2.72 bits per heavy atom. The molecule has 0 aromatic carbocycles. The van der Waals surface area contributed by atoms with Gasteiger partial charge >= 0.3 is 5.97 Å². The summed E-state index contributed by atoms with van der Waals surface area (Å²) < 4.78 is 2.07. The average molecular weight is 264 g/mol. The molecular formula is C13H16N2O2S. The summed E-state index contributed by atoms with van der Waals surface area (Å²) in [5.74, 6) is -0.872. The number of aromatic carboxylic acids is 1. The number of nitrogens with zero attached hydrogens (tertiary/aromatic N) is 2. The van der Waals surface area contributed by atoms with E-state index in [1.165, 1.54) is 0 Å². The van der Waals surface area contributed by atoms with Crippen LogP contribution in [-0.2, 0) is 0 Å². The van der Waals surface area contributed by atoms with Gasteiger partial charge in [0.05, 0.1) is 11.6 Å². The normalized spacial score (nSPS) is 12.6. The summed E-state index contributed by atoms with van der Waals surface area (Å²) in [6.45, 7) is 5.88. The lowest BCUT2D eigenvalue weighted by Crippen LogP contribution is -2.13. The van der Waals surface area contributed by atoms with E-state index in [4.69, 9.17) is 5.11 Å². The molecule has 0 radical (unpaired) electrons. The van der Waals surface area contributed by atoms with Crippen LogP contribution < -0.4 is 0 Å². The molecule has 0 amide bonds. The number of aromatic nitrogens is 2. The highest BCUT2D eigenvalue weighted by Crippen LogP contribution is 2.29. The molecule has 2 aromatic heterocycles. The third-order valence-electron chi connectivity index (χ3n) is 3.15. The SMILES string of the molecule is CCC(c1nccs1)n1c(C)cc(C(=O)O)c1C. The standard InChI is InChI=1S/C13H16N2O2S/c1-4-11(12-14-5-6-18-12)15-8(2)7-10(9(15)3)13(16)17/h5-7,11H,4H2,1-3H3,(H,16,17). The Kier molecular flexibility index (Phi) is 3.52. The Labute approximate surface area is 110 Å². The van der Waals surface area contributed by atoms with E-state index in [2.05, 4.69) is 16.5 Å². The number of hydrogen-bond acceptors (Lipinski definition) is 3. The fourth-order valence-corrected chi connectivity index (χ4v) is 3.15. The van der Waals surface area contributed by atoms with Crippen molar-refractivity contribution in [2.24, 2.45) is 0 Å². The molecule has 0 saturated heterocycles. The number of rotatable bonds is 4. The molecule has 0 aliphatic carbocycles. The summed E-state index contributed by atoms with van der Waals surface area (Å²) in [6.07, 6.45) is 2.68. The summed E-state index contributed by atoms with van der Waals surface area (Å²) >= 11 is 1.61. The summed E-state index contributed by atoms with van der Waals surface area (Å²) in [6, 6.07) is 1.85. The zero-order valence-corrected chi connectivity index (χ0v) is 11.5. The van der Waals surface area contributed by atoms with Gasteiger partial charge in [0.1, 0.15) is 5.01 Å². The maximum Gasteiger partial charge on any atom is 0.337 e. The van der Waals surface area contributed by atoms with Gasteiger partial charge in [-0.2, -0.15) is 0 Å². The minimum atomic E-state index is -0.872. The molecule has 0 fully saturated rings. The van der Waals surface area contributed by atoms with Gasteiger partial charge in [0.15, 0.2) is 0 Å². The van der Waals surface area contributed by atoms with Crippen LogP contribution >= 0.6 is 11.3 Å². The van der Waals surface area contributed by atoms with Crippen LogP contribution in [0.4, 0.5) is 0 Å². The molecule has 1 N–H and O–H groups in total. The van der Waals surface area contributed by atoms with E-state index in [-0.39, 0.29) is 6.04 Å². The largest absolute Gasteiger partial charge is 0.478 e. The first kappa shape index (κ1) is 12.8. The van der Waals surface area contributed by atoms with Crippen LogP contribution in [0.3, 0.4) is 0 Å². The van der Waals surface area contributed by atoms with Gasteiger partial charge < -0.3 is 9.67 Å². The monoisotopic (exact) mass is 264 g/mol. The zero-order chi connectivity index (χ0) is 13.3. The minimum absolute atomic E-state index is 0.123. The average Bonchev–Trinajstić information content (AvgIpc) is 2.92. The highest BCUT2D eigenvalue weighted by Gasteiger charge is 2.22. The highest BCUT2D eigenvalue weighted by molar-refractivity contribution is 7.09. The van der Waals surface area contributed by atoms with E-state index in [1.54, 1.807) is 23.6 Å². The van der Waals surface area contributed by atoms with Crippen molar-refractivity contribution < 1.29 is 9.90 Å². The number of carboxylic acids is 1. The van der Waals surface area contributed by atoms with Crippen molar-refractivity contribution in [1.82, 2.24) is 9.55 Å². The van der Waals surface area contributed by atoms with Crippen LogP contribution in [0.1, 0.15) is 46.1 Å². The van der Waals surface area contributed by atoms with Gasteiger partial charge in [0, 0.05) is 23.0 Å². The predicted octanol–water partition coefficient (Wildman–Crippen LogP) is 3.26. The second-order valence-electron chi connectivity index (χ2n) is 4.25. The molecule has 1 atom stereocenters. The molecule has 18 heavy (non-hydrogen) atoms. The van der Waals surface area contributed by atoms with Crippen LogP contribution in [0.2, 0.25) is 0 Å². The molecule has 5 heteroatoms. The minimum Gasteiger partial charge on any atom is -0.478 e. The predicted molar refractivity (Wildman–Crippen MR) is 71.4 cm³/mol. The molecule has 0 aliphatic rings. The van der Waals surface area contributed by atoms with Crippen LogP contribution in [0.15, 0.2) is 17.6 Å². The van der Waals surface area contributed by atoms with E-state index in [0.29, 0.717) is 5.56 Å². The van der Waals surface area contributed by atoms with Crippen LogP contribution in [0.25, 0.3) is 0 Å². The maximum absolute atomic E-state index is 11.2. The number of carbonyl (C=O) groups is 1. The lowest BCUT2D eigenvalue weighted by Gasteiger charge is -2.19. The maximum atomic E-state index is 11.2. The molecule has 0 bridgehead atoms. The number of thiazole rings is 1. The Bertz CT molecular complexity index is 558. The molecule has 0 aliphatic heterocycles. The summed E-state index contributed by atoms with van der Waals surface area (Å²) in [7, 11) is 0. The van der Waals surface area contributed by atoms with Gasteiger partial charge in [-0.1, -0.05) is 6.92 Å². The topological polar surface area (TPSA) is 55.1 Å². The first-order valence-corrected chi connectivity index (χ1v) is 6.75. The van der Waals surface area contributed by atoms with Gasteiger partial charge in [-0.15, -0.1) is 11.3 Å². The second kappa shape index (κ2) is 4.94. The summed E-state index contributed by atoms with van der Waals surface area (Å²) in [5, 5.41) is 12.1. The van der Waals surface area contributed by atoms with Gasteiger partial charge in [0.2, 0.25) is 0 Å². The van der Waals surface area contributed by atoms with E-state index < -0.39 is 5.97 Å².